The van der Waals surface area contributed by atoms with Crippen molar-refractivity contribution in [3.63, 3.8) is 0 Å². The third kappa shape index (κ3) is 4.27. The average molecular weight is 575 g/mol. The summed E-state index contributed by atoms with van der Waals surface area (Å²) in [5, 5.41) is 13.4. The lowest BCUT2D eigenvalue weighted by molar-refractivity contribution is 0.451. The van der Waals surface area contributed by atoms with E-state index in [0.717, 1.165) is 32.3 Å². The maximum atomic E-state index is 15.2. The SMILES string of the molecule is Cc1c(F)ccc(-c2ccc(Br)cc2)c1-c1nnnn1C(c1ccccc1)(c1ccccc1)c1ccccc1. The number of hydrogen-bond acceptors (Lipinski definition) is 3. The van der Waals surface area contributed by atoms with Gasteiger partial charge in [0.1, 0.15) is 11.4 Å². The summed E-state index contributed by atoms with van der Waals surface area (Å²) in [5.41, 5.74) is 4.93. The number of rotatable bonds is 6. The Bertz CT molecular complexity index is 1620. The van der Waals surface area contributed by atoms with Crippen LogP contribution in [0.25, 0.3) is 22.5 Å². The minimum absolute atomic E-state index is 0.315. The number of hydrogen-bond donors (Lipinski definition) is 0. The molecule has 6 aromatic rings. The van der Waals surface area contributed by atoms with Crippen LogP contribution in [0.3, 0.4) is 0 Å². The van der Waals surface area contributed by atoms with Crippen LogP contribution in [0.15, 0.2) is 132 Å². The van der Waals surface area contributed by atoms with E-state index in [1.54, 1.807) is 13.0 Å². The van der Waals surface area contributed by atoms with Gasteiger partial charge >= 0.3 is 0 Å². The van der Waals surface area contributed by atoms with Crippen LogP contribution in [0, 0.1) is 12.7 Å². The van der Waals surface area contributed by atoms with Crippen molar-refractivity contribution in [1.29, 1.82) is 0 Å². The van der Waals surface area contributed by atoms with Gasteiger partial charge in [-0.05, 0) is 68.9 Å². The molecule has 0 aliphatic carbocycles. The molecule has 6 heteroatoms. The standard InChI is InChI=1S/C33H24BrFN4/c1-23-30(35)22-21-29(24-17-19-28(34)20-18-24)31(23)32-36-37-38-39(32)33(25-11-5-2-6-12-25,26-13-7-3-8-14-26)27-15-9-4-10-16-27/h2-22H,1H3. The molecule has 190 valence electrons. The van der Waals surface area contributed by atoms with E-state index in [2.05, 4.69) is 67.9 Å². The van der Waals surface area contributed by atoms with E-state index in [1.165, 1.54) is 6.07 Å². The molecule has 1 heterocycles. The Morgan fingerprint density at radius 3 is 1.69 bits per heavy atom. The van der Waals surface area contributed by atoms with Gasteiger partial charge in [-0.1, -0.05) is 125 Å². The van der Waals surface area contributed by atoms with Crippen molar-refractivity contribution >= 4 is 15.9 Å². The number of halogens is 2. The van der Waals surface area contributed by atoms with Gasteiger partial charge in [0.15, 0.2) is 5.82 Å². The summed E-state index contributed by atoms with van der Waals surface area (Å²) in [7, 11) is 0. The third-order valence-electron chi connectivity index (χ3n) is 7.14. The summed E-state index contributed by atoms with van der Waals surface area (Å²) in [6, 6.07) is 41.8. The fourth-order valence-corrected chi connectivity index (χ4v) is 5.58. The van der Waals surface area contributed by atoms with E-state index in [-0.39, 0.29) is 5.82 Å². The van der Waals surface area contributed by atoms with Crippen molar-refractivity contribution in [2.45, 2.75) is 12.5 Å². The van der Waals surface area contributed by atoms with Crippen molar-refractivity contribution in [1.82, 2.24) is 20.2 Å². The van der Waals surface area contributed by atoms with Gasteiger partial charge in [-0.25, -0.2) is 9.07 Å². The van der Waals surface area contributed by atoms with Gasteiger partial charge in [0.2, 0.25) is 0 Å². The van der Waals surface area contributed by atoms with Crippen LogP contribution in [0.5, 0.6) is 0 Å². The maximum Gasteiger partial charge on any atom is 0.184 e. The monoisotopic (exact) mass is 574 g/mol. The minimum Gasteiger partial charge on any atom is -0.207 e. The van der Waals surface area contributed by atoms with E-state index >= 15 is 4.39 Å². The van der Waals surface area contributed by atoms with Crippen molar-refractivity contribution in [3.8, 4) is 22.5 Å². The molecule has 4 nitrogen and oxygen atoms in total. The van der Waals surface area contributed by atoms with E-state index in [0.29, 0.717) is 17.0 Å². The van der Waals surface area contributed by atoms with E-state index in [4.69, 9.17) is 0 Å². The highest BCUT2D eigenvalue weighted by Gasteiger charge is 2.42. The molecule has 0 saturated carbocycles. The third-order valence-corrected chi connectivity index (χ3v) is 7.67. The van der Waals surface area contributed by atoms with Crippen LogP contribution < -0.4 is 0 Å². The van der Waals surface area contributed by atoms with Crippen LogP contribution in [0.2, 0.25) is 0 Å². The van der Waals surface area contributed by atoms with Crippen molar-refractivity contribution in [2.24, 2.45) is 0 Å². The first kappa shape index (κ1) is 24.9. The maximum absolute atomic E-state index is 15.2. The summed E-state index contributed by atoms with van der Waals surface area (Å²) >= 11 is 3.52. The fourth-order valence-electron chi connectivity index (χ4n) is 5.32. The average Bonchev–Trinajstić information content (AvgIpc) is 3.47. The molecular weight excluding hydrogens is 551 g/mol. The summed E-state index contributed by atoms with van der Waals surface area (Å²) in [6.07, 6.45) is 0. The summed E-state index contributed by atoms with van der Waals surface area (Å²) < 4.78 is 18.1. The molecule has 0 amide bonds. The lowest BCUT2D eigenvalue weighted by Gasteiger charge is -2.36. The molecular formula is C33H24BrFN4. The predicted molar refractivity (Wildman–Crippen MR) is 156 cm³/mol. The molecule has 0 N–H and O–H groups in total. The zero-order valence-corrected chi connectivity index (χ0v) is 22.8. The predicted octanol–water partition coefficient (Wildman–Crippen LogP) is 8.06. The zero-order chi connectivity index (χ0) is 26.8. The molecule has 0 fully saturated rings. The summed E-state index contributed by atoms with van der Waals surface area (Å²) in [5.74, 6) is 0.159. The Morgan fingerprint density at radius 2 is 1.18 bits per heavy atom. The van der Waals surface area contributed by atoms with Crippen molar-refractivity contribution in [3.05, 3.63) is 160 Å². The summed E-state index contributed by atoms with van der Waals surface area (Å²) in [6.45, 7) is 1.78. The first-order valence-electron chi connectivity index (χ1n) is 12.6. The first-order chi connectivity index (χ1) is 19.1. The van der Waals surface area contributed by atoms with Gasteiger partial charge < -0.3 is 0 Å². The lowest BCUT2D eigenvalue weighted by Crippen LogP contribution is -2.39. The molecule has 0 unspecified atom stereocenters. The number of tetrazole rings is 1. The highest BCUT2D eigenvalue weighted by Crippen LogP contribution is 2.44. The van der Waals surface area contributed by atoms with Crippen LogP contribution in [-0.2, 0) is 5.54 Å². The van der Waals surface area contributed by atoms with Crippen LogP contribution in [0.1, 0.15) is 22.3 Å². The molecule has 39 heavy (non-hydrogen) atoms. The fraction of sp³-hybridized carbons (Fsp3) is 0.0606. The molecule has 6 rings (SSSR count). The Balaban J connectivity index is 1.73. The first-order valence-corrected chi connectivity index (χ1v) is 13.4. The van der Waals surface area contributed by atoms with Gasteiger partial charge in [0, 0.05) is 10.0 Å². The van der Waals surface area contributed by atoms with E-state index < -0.39 is 5.54 Å². The number of aromatic nitrogens is 4. The largest absolute Gasteiger partial charge is 0.207 e. The second-order valence-corrected chi connectivity index (χ2v) is 10.2. The van der Waals surface area contributed by atoms with Gasteiger partial charge in [-0.15, -0.1) is 5.10 Å². The Hall–Kier alpha value is -4.42. The van der Waals surface area contributed by atoms with Crippen LogP contribution in [-0.4, -0.2) is 20.2 Å². The Labute approximate surface area is 234 Å². The highest BCUT2D eigenvalue weighted by molar-refractivity contribution is 9.10. The Morgan fingerprint density at radius 1 is 0.667 bits per heavy atom. The van der Waals surface area contributed by atoms with E-state index in [1.807, 2.05) is 83.5 Å². The van der Waals surface area contributed by atoms with Gasteiger partial charge in [0.25, 0.3) is 0 Å². The molecule has 0 radical (unpaired) electrons. The smallest absolute Gasteiger partial charge is 0.184 e. The molecule has 5 aromatic carbocycles. The Kier molecular flexibility index (Phi) is 6.63. The topological polar surface area (TPSA) is 43.6 Å². The molecule has 0 atom stereocenters. The van der Waals surface area contributed by atoms with Gasteiger partial charge in [-0.3, -0.25) is 0 Å². The normalized spacial score (nSPS) is 11.5. The second kappa shape index (κ2) is 10.4. The zero-order valence-electron chi connectivity index (χ0n) is 21.2. The number of benzene rings is 5. The van der Waals surface area contributed by atoms with Crippen LogP contribution >= 0.6 is 15.9 Å². The number of nitrogens with zero attached hydrogens (tertiary/aromatic N) is 4. The quantitative estimate of drug-likeness (QED) is 0.189. The molecule has 0 aliphatic heterocycles. The second-order valence-electron chi connectivity index (χ2n) is 9.32. The molecule has 0 spiro atoms. The summed E-state index contributed by atoms with van der Waals surface area (Å²) in [4.78, 5) is 0. The van der Waals surface area contributed by atoms with Crippen molar-refractivity contribution < 1.29 is 4.39 Å². The molecule has 0 aliphatic rings. The van der Waals surface area contributed by atoms with E-state index in [9.17, 15) is 0 Å². The molecule has 0 bridgehead atoms. The van der Waals surface area contributed by atoms with Crippen LogP contribution in [0.4, 0.5) is 4.39 Å². The van der Waals surface area contributed by atoms with Gasteiger partial charge in [-0.2, -0.15) is 0 Å². The minimum atomic E-state index is -0.932. The highest BCUT2D eigenvalue weighted by atomic mass is 79.9. The van der Waals surface area contributed by atoms with Crippen molar-refractivity contribution in [2.75, 3.05) is 0 Å². The van der Waals surface area contributed by atoms with Gasteiger partial charge in [0.05, 0.1) is 0 Å². The lowest BCUT2D eigenvalue weighted by atomic mass is 9.76. The molecule has 0 saturated heterocycles. The molecule has 1 aromatic heterocycles.